The summed E-state index contributed by atoms with van der Waals surface area (Å²) in [5.74, 6) is 0.205. The van der Waals surface area contributed by atoms with Crippen LogP contribution in [0, 0.1) is 13.8 Å². The van der Waals surface area contributed by atoms with Crippen LogP contribution in [-0.2, 0) is 14.6 Å². The van der Waals surface area contributed by atoms with Gasteiger partial charge in [0.1, 0.15) is 9.84 Å². The zero-order valence-corrected chi connectivity index (χ0v) is 14.1. The Kier molecular flexibility index (Phi) is 5.07. The van der Waals surface area contributed by atoms with E-state index in [2.05, 4.69) is 43.9 Å². The molecule has 0 aliphatic carbocycles. The van der Waals surface area contributed by atoms with Crippen molar-refractivity contribution in [3.63, 3.8) is 0 Å². The van der Waals surface area contributed by atoms with Gasteiger partial charge in [0, 0.05) is 25.4 Å². The maximum atomic E-state index is 11.4. The van der Waals surface area contributed by atoms with Gasteiger partial charge in [-0.05, 0) is 31.9 Å². The van der Waals surface area contributed by atoms with Crippen molar-refractivity contribution in [2.24, 2.45) is 0 Å². The third-order valence-corrected chi connectivity index (χ3v) is 5.02. The van der Waals surface area contributed by atoms with Gasteiger partial charge in [-0.1, -0.05) is 23.8 Å². The molecule has 1 aromatic carbocycles. The monoisotopic (exact) mass is 311 g/mol. The van der Waals surface area contributed by atoms with E-state index in [0.29, 0.717) is 13.2 Å². The lowest BCUT2D eigenvalue weighted by atomic mass is 9.99. The van der Waals surface area contributed by atoms with Gasteiger partial charge in [0.15, 0.2) is 0 Å². The van der Waals surface area contributed by atoms with Crippen LogP contribution >= 0.6 is 0 Å². The van der Waals surface area contributed by atoms with Crippen molar-refractivity contribution in [3.05, 3.63) is 34.9 Å². The van der Waals surface area contributed by atoms with Crippen molar-refractivity contribution in [2.75, 3.05) is 31.7 Å². The summed E-state index contributed by atoms with van der Waals surface area (Å²) in [6.45, 7) is 8.22. The minimum absolute atomic E-state index is 0.0284. The third-order valence-electron chi connectivity index (χ3n) is 4.09. The smallest absolute Gasteiger partial charge is 0.148 e. The van der Waals surface area contributed by atoms with Gasteiger partial charge in [0.05, 0.1) is 18.5 Å². The molecule has 0 saturated carbocycles. The first kappa shape index (κ1) is 16.5. The molecule has 1 fully saturated rings. The Hall–Kier alpha value is -0.910. The molecule has 0 amide bonds. The lowest BCUT2D eigenvalue weighted by Gasteiger charge is -2.38. The average Bonchev–Trinajstić information content (AvgIpc) is 2.40. The van der Waals surface area contributed by atoms with E-state index in [1.807, 2.05) is 0 Å². The van der Waals surface area contributed by atoms with Crippen LogP contribution in [0.15, 0.2) is 18.2 Å². The predicted octanol–water partition coefficient (Wildman–Crippen LogP) is 2.11. The second kappa shape index (κ2) is 6.46. The van der Waals surface area contributed by atoms with Gasteiger partial charge >= 0.3 is 0 Å². The number of sulfone groups is 1. The normalized spacial score (nSPS) is 24.2. The van der Waals surface area contributed by atoms with Gasteiger partial charge in [0.25, 0.3) is 0 Å². The van der Waals surface area contributed by atoms with E-state index in [-0.39, 0.29) is 17.9 Å². The predicted molar refractivity (Wildman–Crippen MR) is 85.4 cm³/mol. The quantitative estimate of drug-likeness (QED) is 0.854. The van der Waals surface area contributed by atoms with Crippen LogP contribution in [0.2, 0.25) is 0 Å². The summed E-state index contributed by atoms with van der Waals surface area (Å²) in [6.07, 6.45) is 1.32. The van der Waals surface area contributed by atoms with Crippen molar-refractivity contribution in [1.82, 2.24) is 4.90 Å². The van der Waals surface area contributed by atoms with Crippen LogP contribution in [0.5, 0.6) is 0 Å². The van der Waals surface area contributed by atoms with Crippen molar-refractivity contribution in [2.45, 2.75) is 32.9 Å². The van der Waals surface area contributed by atoms with Gasteiger partial charge < -0.3 is 4.74 Å². The van der Waals surface area contributed by atoms with Crippen LogP contribution in [0.4, 0.5) is 0 Å². The van der Waals surface area contributed by atoms with Crippen LogP contribution < -0.4 is 0 Å². The number of nitrogens with zero attached hydrogens (tertiary/aromatic N) is 1. The highest BCUT2D eigenvalue weighted by atomic mass is 32.2. The fraction of sp³-hybridized carbons (Fsp3) is 0.625. The van der Waals surface area contributed by atoms with E-state index in [0.717, 1.165) is 6.54 Å². The molecule has 2 atom stereocenters. The highest BCUT2D eigenvalue weighted by Crippen LogP contribution is 2.27. The summed E-state index contributed by atoms with van der Waals surface area (Å²) in [5.41, 5.74) is 3.66. The van der Waals surface area contributed by atoms with Gasteiger partial charge in [0.2, 0.25) is 0 Å². The van der Waals surface area contributed by atoms with E-state index < -0.39 is 9.84 Å². The third kappa shape index (κ3) is 4.53. The van der Waals surface area contributed by atoms with E-state index in [1.165, 1.54) is 22.9 Å². The molecule has 1 saturated heterocycles. The minimum atomic E-state index is -2.93. The first-order valence-corrected chi connectivity index (χ1v) is 9.43. The zero-order chi connectivity index (χ0) is 15.6. The van der Waals surface area contributed by atoms with Gasteiger partial charge in [-0.3, -0.25) is 4.90 Å². The molecular weight excluding hydrogens is 286 g/mol. The van der Waals surface area contributed by atoms with Gasteiger partial charge in [-0.2, -0.15) is 0 Å². The molecule has 118 valence electrons. The molecule has 0 radical (unpaired) electrons. The lowest BCUT2D eigenvalue weighted by Crippen LogP contribution is -2.46. The van der Waals surface area contributed by atoms with Crippen LogP contribution in [0.25, 0.3) is 0 Å². The number of hydrogen-bond donors (Lipinski definition) is 0. The summed E-state index contributed by atoms with van der Waals surface area (Å²) in [5, 5.41) is 0. The number of hydrogen-bond acceptors (Lipinski definition) is 4. The molecule has 0 unspecified atom stereocenters. The largest absolute Gasteiger partial charge is 0.371 e. The Morgan fingerprint density at radius 1 is 1.33 bits per heavy atom. The first-order valence-electron chi connectivity index (χ1n) is 7.37. The lowest BCUT2D eigenvalue weighted by molar-refractivity contribution is -0.0580. The number of benzene rings is 1. The fourth-order valence-electron chi connectivity index (χ4n) is 2.70. The molecule has 2 rings (SSSR count). The number of ether oxygens (including phenoxy) is 1. The molecular formula is C16H25NO3S. The molecule has 21 heavy (non-hydrogen) atoms. The maximum Gasteiger partial charge on any atom is 0.148 e. The van der Waals surface area contributed by atoms with E-state index in [9.17, 15) is 8.42 Å². The Labute approximate surface area is 128 Å². The van der Waals surface area contributed by atoms with Crippen molar-refractivity contribution < 1.29 is 13.2 Å². The molecule has 0 spiro atoms. The molecule has 0 aromatic heterocycles. The molecule has 1 heterocycles. The Bertz CT molecular complexity index is 598. The summed E-state index contributed by atoms with van der Waals surface area (Å²) in [7, 11) is -2.93. The molecule has 1 aliphatic rings. The van der Waals surface area contributed by atoms with Crippen LogP contribution in [0.1, 0.15) is 29.7 Å². The number of aryl methyl sites for hydroxylation is 2. The van der Waals surface area contributed by atoms with Crippen LogP contribution in [-0.4, -0.2) is 51.1 Å². The average molecular weight is 311 g/mol. The molecule has 1 aliphatic heterocycles. The highest BCUT2D eigenvalue weighted by molar-refractivity contribution is 7.90. The van der Waals surface area contributed by atoms with E-state index >= 15 is 0 Å². The Morgan fingerprint density at radius 3 is 2.71 bits per heavy atom. The Morgan fingerprint density at radius 2 is 2.05 bits per heavy atom. The summed E-state index contributed by atoms with van der Waals surface area (Å²) in [6, 6.07) is 6.65. The number of morpholine rings is 1. The summed E-state index contributed by atoms with van der Waals surface area (Å²) in [4.78, 5) is 2.22. The molecule has 1 aromatic rings. The maximum absolute atomic E-state index is 11.4. The fourth-order valence-corrected chi connectivity index (χ4v) is 3.26. The summed E-state index contributed by atoms with van der Waals surface area (Å²) < 4.78 is 28.7. The van der Waals surface area contributed by atoms with Crippen molar-refractivity contribution in [1.29, 1.82) is 0 Å². The standard InChI is InChI=1S/C16H25NO3S/c1-12-5-6-13(2)15(9-12)16-10-17(14(3)11-20-16)7-8-21(4,18)19/h5-6,9,14,16H,7-8,10-11H2,1-4H3/t14-,16-/m0/s1. The minimum Gasteiger partial charge on any atom is -0.371 e. The van der Waals surface area contributed by atoms with E-state index in [1.54, 1.807) is 0 Å². The van der Waals surface area contributed by atoms with E-state index in [4.69, 9.17) is 4.74 Å². The second-order valence-electron chi connectivity index (χ2n) is 6.16. The van der Waals surface area contributed by atoms with Crippen molar-refractivity contribution >= 4 is 9.84 Å². The first-order chi connectivity index (χ1) is 9.76. The van der Waals surface area contributed by atoms with Crippen LogP contribution in [0.3, 0.4) is 0 Å². The zero-order valence-electron chi connectivity index (χ0n) is 13.3. The summed E-state index contributed by atoms with van der Waals surface area (Å²) >= 11 is 0. The van der Waals surface area contributed by atoms with Crippen molar-refractivity contribution in [3.8, 4) is 0 Å². The SMILES string of the molecule is Cc1ccc(C)c([C@@H]2CN(CCS(C)(=O)=O)[C@@H](C)CO2)c1. The highest BCUT2D eigenvalue weighted by Gasteiger charge is 2.28. The topological polar surface area (TPSA) is 46.6 Å². The number of rotatable bonds is 4. The molecule has 5 heteroatoms. The Balaban J connectivity index is 2.11. The van der Waals surface area contributed by atoms with Gasteiger partial charge in [-0.15, -0.1) is 0 Å². The molecule has 4 nitrogen and oxygen atoms in total. The molecule has 0 bridgehead atoms. The second-order valence-corrected chi connectivity index (χ2v) is 8.42. The molecule has 0 N–H and O–H groups in total. The van der Waals surface area contributed by atoms with Gasteiger partial charge in [-0.25, -0.2) is 8.42 Å².